The Kier molecular flexibility index (Phi) is 3.23. The number of nitrogens with zero attached hydrogens (tertiary/aromatic N) is 1. The maximum Gasteiger partial charge on any atom is 0.414 e. The average Bonchev–Trinajstić information content (AvgIpc) is 2.58. The summed E-state index contributed by atoms with van der Waals surface area (Å²) in [4.78, 5) is 13.0. The van der Waals surface area contributed by atoms with Crippen molar-refractivity contribution in [2.75, 3.05) is 18.1 Å². The molecule has 1 fully saturated rings. The lowest BCUT2D eigenvalue weighted by atomic mass is 10.2. The van der Waals surface area contributed by atoms with Crippen LogP contribution in [0.1, 0.15) is 0 Å². The standard InChI is InChI=1S/C10H10Cl2N2O2/c11-6-1-7(12)3-8(2-6)14-9(4-13)5-16-10(14)15/h1-3,9H,4-5,13H2. The Labute approximate surface area is 103 Å². The molecule has 2 N–H and O–H groups in total. The van der Waals surface area contributed by atoms with Gasteiger partial charge in [0.1, 0.15) is 6.61 Å². The molecular weight excluding hydrogens is 251 g/mol. The lowest BCUT2D eigenvalue weighted by molar-refractivity contribution is 0.179. The normalized spacial score (nSPS) is 20.1. The van der Waals surface area contributed by atoms with Crippen LogP contribution in [-0.4, -0.2) is 25.3 Å². The van der Waals surface area contributed by atoms with Crippen LogP contribution in [0.2, 0.25) is 10.0 Å². The Morgan fingerprint density at radius 3 is 2.56 bits per heavy atom. The fraction of sp³-hybridized carbons (Fsp3) is 0.300. The second-order valence-corrected chi connectivity index (χ2v) is 4.34. The maximum absolute atomic E-state index is 11.5. The van der Waals surface area contributed by atoms with Gasteiger partial charge >= 0.3 is 6.09 Å². The molecule has 1 aliphatic heterocycles. The van der Waals surface area contributed by atoms with E-state index in [4.69, 9.17) is 33.7 Å². The number of rotatable bonds is 2. The van der Waals surface area contributed by atoms with E-state index in [2.05, 4.69) is 0 Å². The zero-order valence-electron chi connectivity index (χ0n) is 8.32. The van der Waals surface area contributed by atoms with Crippen molar-refractivity contribution in [3.05, 3.63) is 28.2 Å². The summed E-state index contributed by atoms with van der Waals surface area (Å²) in [7, 11) is 0. The minimum absolute atomic E-state index is 0.165. The van der Waals surface area contributed by atoms with Gasteiger partial charge in [0.25, 0.3) is 0 Å². The number of halogens is 2. The minimum atomic E-state index is -0.422. The number of amides is 1. The van der Waals surface area contributed by atoms with E-state index in [1.807, 2.05) is 0 Å². The van der Waals surface area contributed by atoms with Gasteiger partial charge in [-0.25, -0.2) is 4.79 Å². The van der Waals surface area contributed by atoms with Crippen molar-refractivity contribution in [3.8, 4) is 0 Å². The molecule has 1 heterocycles. The highest BCUT2D eigenvalue weighted by molar-refractivity contribution is 6.35. The molecule has 1 unspecified atom stereocenters. The molecule has 4 nitrogen and oxygen atoms in total. The molecule has 0 spiro atoms. The summed E-state index contributed by atoms with van der Waals surface area (Å²) in [5.41, 5.74) is 6.17. The molecule has 0 aromatic heterocycles. The van der Waals surface area contributed by atoms with Gasteiger partial charge in [0.2, 0.25) is 0 Å². The third-order valence-electron chi connectivity index (χ3n) is 2.36. The molecule has 86 valence electrons. The van der Waals surface area contributed by atoms with Crippen LogP contribution in [0.5, 0.6) is 0 Å². The van der Waals surface area contributed by atoms with E-state index in [1.54, 1.807) is 18.2 Å². The Morgan fingerprint density at radius 2 is 2.00 bits per heavy atom. The van der Waals surface area contributed by atoms with Crippen molar-refractivity contribution in [3.63, 3.8) is 0 Å². The van der Waals surface area contributed by atoms with Crippen LogP contribution in [0.3, 0.4) is 0 Å². The van der Waals surface area contributed by atoms with Crippen LogP contribution in [0.4, 0.5) is 10.5 Å². The molecule has 0 saturated carbocycles. The fourth-order valence-corrected chi connectivity index (χ4v) is 2.14. The predicted molar refractivity (Wildman–Crippen MR) is 63.1 cm³/mol. The highest BCUT2D eigenvalue weighted by atomic mass is 35.5. The molecule has 1 aromatic rings. The highest BCUT2D eigenvalue weighted by Gasteiger charge is 2.33. The number of ether oxygens (including phenoxy) is 1. The van der Waals surface area contributed by atoms with Crippen molar-refractivity contribution in [2.45, 2.75) is 6.04 Å². The van der Waals surface area contributed by atoms with Gasteiger partial charge < -0.3 is 10.5 Å². The Morgan fingerprint density at radius 1 is 1.38 bits per heavy atom. The van der Waals surface area contributed by atoms with Crippen LogP contribution >= 0.6 is 23.2 Å². The van der Waals surface area contributed by atoms with Crippen molar-refractivity contribution in [1.29, 1.82) is 0 Å². The summed E-state index contributed by atoms with van der Waals surface area (Å²) >= 11 is 11.7. The molecule has 1 atom stereocenters. The quantitative estimate of drug-likeness (QED) is 0.888. The molecular formula is C10H10Cl2N2O2. The number of benzene rings is 1. The second kappa shape index (κ2) is 4.49. The van der Waals surface area contributed by atoms with E-state index in [0.29, 0.717) is 28.9 Å². The van der Waals surface area contributed by atoms with E-state index < -0.39 is 6.09 Å². The topological polar surface area (TPSA) is 55.6 Å². The molecule has 2 rings (SSSR count). The summed E-state index contributed by atoms with van der Waals surface area (Å²) in [5.74, 6) is 0. The Hall–Kier alpha value is -0.970. The number of hydrogen-bond donors (Lipinski definition) is 1. The van der Waals surface area contributed by atoms with E-state index in [1.165, 1.54) is 4.90 Å². The van der Waals surface area contributed by atoms with Crippen molar-refractivity contribution < 1.29 is 9.53 Å². The van der Waals surface area contributed by atoms with E-state index >= 15 is 0 Å². The van der Waals surface area contributed by atoms with E-state index in [-0.39, 0.29) is 6.04 Å². The van der Waals surface area contributed by atoms with Crippen molar-refractivity contribution in [1.82, 2.24) is 0 Å². The molecule has 1 aliphatic rings. The molecule has 1 amide bonds. The summed E-state index contributed by atoms with van der Waals surface area (Å²) < 4.78 is 4.92. The number of anilines is 1. The monoisotopic (exact) mass is 260 g/mol. The first-order valence-electron chi connectivity index (χ1n) is 4.74. The smallest absolute Gasteiger partial charge is 0.414 e. The number of hydrogen-bond acceptors (Lipinski definition) is 3. The molecule has 6 heteroatoms. The van der Waals surface area contributed by atoms with Gasteiger partial charge in [-0.05, 0) is 18.2 Å². The van der Waals surface area contributed by atoms with E-state index in [9.17, 15) is 4.79 Å². The Bertz CT molecular complexity index is 405. The fourth-order valence-electron chi connectivity index (χ4n) is 1.63. The molecule has 0 aliphatic carbocycles. The molecule has 16 heavy (non-hydrogen) atoms. The lowest BCUT2D eigenvalue weighted by Crippen LogP contribution is -2.38. The van der Waals surface area contributed by atoms with Crippen LogP contribution in [0.25, 0.3) is 0 Å². The number of carbonyl (C=O) groups is 1. The summed E-state index contributed by atoms with van der Waals surface area (Å²) in [6, 6.07) is 4.75. The number of cyclic esters (lactones) is 1. The maximum atomic E-state index is 11.5. The molecule has 1 aromatic carbocycles. The summed E-state index contributed by atoms with van der Waals surface area (Å²) in [6.45, 7) is 0.620. The minimum Gasteiger partial charge on any atom is -0.447 e. The van der Waals surface area contributed by atoms with Gasteiger partial charge in [0.15, 0.2) is 0 Å². The third-order valence-corrected chi connectivity index (χ3v) is 2.80. The second-order valence-electron chi connectivity index (χ2n) is 3.46. The number of nitrogens with two attached hydrogens (primary N) is 1. The van der Waals surface area contributed by atoms with Gasteiger partial charge in [0.05, 0.1) is 11.7 Å². The van der Waals surface area contributed by atoms with Gasteiger partial charge in [-0.3, -0.25) is 4.90 Å². The first-order valence-corrected chi connectivity index (χ1v) is 5.49. The SMILES string of the molecule is NCC1COC(=O)N1c1cc(Cl)cc(Cl)c1. The van der Waals surface area contributed by atoms with Gasteiger partial charge in [0, 0.05) is 16.6 Å². The van der Waals surface area contributed by atoms with Gasteiger partial charge in [-0.1, -0.05) is 23.2 Å². The molecule has 0 bridgehead atoms. The molecule has 0 radical (unpaired) electrons. The van der Waals surface area contributed by atoms with Gasteiger partial charge in [-0.2, -0.15) is 0 Å². The zero-order valence-corrected chi connectivity index (χ0v) is 9.83. The van der Waals surface area contributed by atoms with Crippen molar-refractivity contribution in [2.24, 2.45) is 5.73 Å². The molecule has 1 saturated heterocycles. The average molecular weight is 261 g/mol. The van der Waals surface area contributed by atoms with Crippen molar-refractivity contribution >= 4 is 35.0 Å². The van der Waals surface area contributed by atoms with Gasteiger partial charge in [-0.15, -0.1) is 0 Å². The van der Waals surface area contributed by atoms with Crippen LogP contribution in [-0.2, 0) is 4.74 Å². The lowest BCUT2D eigenvalue weighted by Gasteiger charge is -2.20. The van der Waals surface area contributed by atoms with Crippen LogP contribution in [0, 0.1) is 0 Å². The largest absolute Gasteiger partial charge is 0.447 e. The number of carbonyl (C=O) groups excluding carboxylic acids is 1. The Balaban J connectivity index is 2.38. The van der Waals surface area contributed by atoms with E-state index in [0.717, 1.165) is 0 Å². The summed E-state index contributed by atoms with van der Waals surface area (Å²) in [5, 5.41) is 0.941. The summed E-state index contributed by atoms with van der Waals surface area (Å²) in [6.07, 6.45) is -0.422. The first kappa shape index (κ1) is 11.5. The third kappa shape index (κ3) is 2.09. The first-order chi connectivity index (χ1) is 7.61. The van der Waals surface area contributed by atoms with Crippen LogP contribution < -0.4 is 10.6 Å². The zero-order chi connectivity index (χ0) is 11.7. The predicted octanol–water partition coefficient (Wildman–Crippen LogP) is 2.28. The highest BCUT2D eigenvalue weighted by Crippen LogP contribution is 2.29. The van der Waals surface area contributed by atoms with Crippen LogP contribution in [0.15, 0.2) is 18.2 Å².